The van der Waals surface area contributed by atoms with Gasteiger partial charge < -0.3 is 9.32 Å². The van der Waals surface area contributed by atoms with E-state index in [0.717, 1.165) is 39.0 Å². The van der Waals surface area contributed by atoms with E-state index >= 15 is 0 Å². The molecule has 0 unspecified atom stereocenters. The average Bonchev–Trinajstić information content (AvgIpc) is 4.39. The Balaban J connectivity index is 1.02. The van der Waals surface area contributed by atoms with Crippen molar-refractivity contribution in [1.82, 2.24) is 0 Å². The van der Waals surface area contributed by atoms with Crippen LogP contribution in [0.4, 0.5) is 17.1 Å². The molecule has 0 amide bonds. The second kappa shape index (κ2) is 16.4. The quantitative estimate of drug-likeness (QED) is 0.158. The topological polar surface area (TPSA) is 16.4 Å². The van der Waals surface area contributed by atoms with E-state index in [1.165, 1.54) is 100 Å². The van der Waals surface area contributed by atoms with Crippen LogP contribution in [0.5, 0.6) is 0 Å². The summed E-state index contributed by atoms with van der Waals surface area (Å²) in [5, 5.41) is 2.18. The van der Waals surface area contributed by atoms with Crippen LogP contribution >= 0.6 is 0 Å². The zero-order chi connectivity index (χ0) is 50.0. The summed E-state index contributed by atoms with van der Waals surface area (Å²) >= 11 is 0. The highest BCUT2D eigenvalue weighted by Crippen LogP contribution is 2.66. The number of rotatable bonds is 7. The van der Waals surface area contributed by atoms with Crippen LogP contribution in [-0.2, 0) is 10.8 Å². The Hall–Kier alpha value is -9.76. The molecule has 2 heteroatoms. The summed E-state index contributed by atoms with van der Waals surface area (Å²) in [4.78, 5) is 2.58. The summed E-state index contributed by atoms with van der Waals surface area (Å²) in [5.74, 6) is 0. The fraction of sp³-hybridized carbons (Fsp3) is 0.0270. The minimum atomic E-state index is -0.708. The monoisotopic (exact) mass is 965 g/mol. The molecule has 1 spiro atoms. The molecule has 1 aromatic heterocycles. The van der Waals surface area contributed by atoms with Gasteiger partial charge in [-0.3, -0.25) is 0 Å². The predicted octanol–water partition coefficient (Wildman–Crippen LogP) is 19.1. The zero-order valence-electron chi connectivity index (χ0n) is 41.5. The van der Waals surface area contributed by atoms with Crippen LogP contribution in [0.25, 0.3) is 77.6 Å². The van der Waals surface area contributed by atoms with Gasteiger partial charge in [0.05, 0.1) is 22.2 Å². The van der Waals surface area contributed by atoms with Crippen molar-refractivity contribution in [2.24, 2.45) is 0 Å². The molecular weight excluding hydrogens is 919 g/mol. The fourth-order valence-electron chi connectivity index (χ4n) is 14.0. The van der Waals surface area contributed by atoms with Crippen molar-refractivity contribution in [3.8, 4) is 55.6 Å². The number of hydrogen-bond donors (Lipinski definition) is 0. The van der Waals surface area contributed by atoms with E-state index in [0.29, 0.717) is 0 Å². The SMILES string of the molecule is c1ccc(-c2cccc(C3(c4cccc(-c5ccccc5)c4)c4ccccc4-c4c(N(c5ccc6oc7ccccc7c6c5)c5cccc6c5-c5ccccc5C65c6ccccc6-c6ccccc65)cccc43)c2)cc1. The smallest absolute Gasteiger partial charge is 0.135 e. The van der Waals surface area contributed by atoms with Crippen molar-refractivity contribution in [2.45, 2.75) is 10.8 Å². The lowest BCUT2D eigenvalue weighted by Gasteiger charge is -2.35. The van der Waals surface area contributed by atoms with Crippen LogP contribution < -0.4 is 4.90 Å². The second-order valence-corrected chi connectivity index (χ2v) is 20.6. The third-order valence-corrected chi connectivity index (χ3v) is 17.0. The first kappa shape index (κ1) is 42.7. The molecule has 1 heterocycles. The highest BCUT2D eigenvalue weighted by Gasteiger charge is 2.53. The Morgan fingerprint density at radius 1 is 0.263 bits per heavy atom. The first-order valence-electron chi connectivity index (χ1n) is 26.4. The molecule has 0 radical (unpaired) electrons. The lowest BCUT2D eigenvalue weighted by atomic mass is 9.67. The van der Waals surface area contributed by atoms with Crippen molar-refractivity contribution in [2.75, 3.05) is 4.90 Å². The number of furan rings is 1. The van der Waals surface area contributed by atoms with Crippen molar-refractivity contribution in [1.29, 1.82) is 0 Å². The highest BCUT2D eigenvalue weighted by molar-refractivity contribution is 6.09. The van der Waals surface area contributed by atoms with Crippen LogP contribution in [0.2, 0.25) is 0 Å². The molecule has 354 valence electrons. The van der Waals surface area contributed by atoms with Crippen LogP contribution in [0, 0.1) is 0 Å². The largest absolute Gasteiger partial charge is 0.456 e. The lowest BCUT2D eigenvalue weighted by molar-refractivity contribution is 0.669. The minimum Gasteiger partial charge on any atom is -0.456 e. The number of fused-ring (bicyclic) bond motifs is 16. The van der Waals surface area contributed by atoms with Gasteiger partial charge in [-0.1, -0.05) is 237 Å². The Labute approximate surface area is 442 Å². The number of para-hydroxylation sites is 1. The lowest BCUT2D eigenvalue weighted by Crippen LogP contribution is -2.29. The third-order valence-electron chi connectivity index (χ3n) is 17.0. The molecule has 0 bridgehead atoms. The second-order valence-electron chi connectivity index (χ2n) is 20.6. The first-order valence-corrected chi connectivity index (χ1v) is 26.4. The van der Waals surface area contributed by atoms with Crippen molar-refractivity contribution in [3.63, 3.8) is 0 Å². The standard InChI is InChI=1S/C74H47NO/c1-3-21-48(22-4-1)50-25-17-27-52(45-50)73(53-28-18-26-51(46-53)49-23-5-2-6-24-49)63-36-14-9-32-58(63)71-65(73)38-19-40-67(71)75(54-43-44-70-60(47-54)57-31-11-16-42-69(57)76-70)68-41-20-39-66-72(68)59-33-10-15-37-64(59)74(66)61-34-12-7-29-55(61)56-30-8-13-35-62(56)74/h1-47H. The van der Waals surface area contributed by atoms with Gasteiger partial charge in [0.2, 0.25) is 0 Å². The molecule has 0 saturated heterocycles. The maximum Gasteiger partial charge on any atom is 0.135 e. The molecule has 3 aliphatic carbocycles. The normalized spacial score (nSPS) is 13.7. The minimum absolute atomic E-state index is 0.514. The van der Waals surface area contributed by atoms with Crippen LogP contribution in [0.3, 0.4) is 0 Å². The molecular formula is C74H47NO. The molecule has 13 aromatic rings. The van der Waals surface area contributed by atoms with Gasteiger partial charge in [0.1, 0.15) is 11.2 Å². The molecule has 16 rings (SSSR count). The molecule has 0 aliphatic heterocycles. The number of hydrogen-bond acceptors (Lipinski definition) is 2. The van der Waals surface area contributed by atoms with Gasteiger partial charge in [0.25, 0.3) is 0 Å². The van der Waals surface area contributed by atoms with E-state index in [4.69, 9.17) is 4.42 Å². The van der Waals surface area contributed by atoms with Gasteiger partial charge >= 0.3 is 0 Å². The van der Waals surface area contributed by atoms with Crippen LogP contribution in [0.15, 0.2) is 290 Å². The first-order chi connectivity index (χ1) is 37.7. The maximum absolute atomic E-state index is 6.56. The molecule has 0 saturated carbocycles. The molecule has 12 aromatic carbocycles. The number of benzene rings is 12. The summed E-state index contributed by atoms with van der Waals surface area (Å²) in [6.45, 7) is 0. The summed E-state index contributed by atoms with van der Waals surface area (Å²) < 4.78 is 6.56. The van der Waals surface area contributed by atoms with Gasteiger partial charge in [-0.05, 0) is 138 Å². The van der Waals surface area contributed by atoms with E-state index in [-0.39, 0.29) is 0 Å². The molecule has 3 aliphatic rings. The fourth-order valence-corrected chi connectivity index (χ4v) is 14.0. The molecule has 76 heavy (non-hydrogen) atoms. The van der Waals surface area contributed by atoms with E-state index < -0.39 is 10.8 Å². The van der Waals surface area contributed by atoms with Crippen LogP contribution in [-0.4, -0.2) is 0 Å². The van der Waals surface area contributed by atoms with E-state index in [1.54, 1.807) is 0 Å². The average molecular weight is 966 g/mol. The van der Waals surface area contributed by atoms with Crippen molar-refractivity contribution in [3.05, 3.63) is 330 Å². The van der Waals surface area contributed by atoms with Gasteiger partial charge in [0.15, 0.2) is 0 Å². The molecule has 0 fully saturated rings. The Morgan fingerprint density at radius 3 is 1.24 bits per heavy atom. The molecule has 2 nitrogen and oxygen atoms in total. The molecule has 0 N–H and O–H groups in total. The summed E-state index contributed by atoms with van der Waals surface area (Å²) in [5.41, 5.74) is 26.2. The Kier molecular flexibility index (Phi) is 9.20. The van der Waals surface area contributed by atoms with Crippen molar-refractivity contribution >= 4 is 39.0 Å². The maximum atomic E-state index is 6.56. The Bertz CT molecular complexity index is 4360. The predicted molar refractivity (Wildman–Crippen MR) is 313 cm³/mol. The van der Waals surface area contributed by atoms with Gasteiger partial charge in [-0.2, -0.15) is 0 Å². The number of anilines is 3. The van der Waals surface area contributed by atoms with Gasteiger partial charge in [0, 0.05) is 27.6 Å². The summed E-state index contributed by atoms with van der Waals surface area (Å²) in [6.07, 6.45) is 0. The van der Waals surface area contributed by atoms with Gasteiger partial charge in [-0.15, -0.1) is 0 Å². The summed E-state index contributed by atoms with van der Waals surface area (Å²) in [6, 6.07) is 106. The van der Waals surface area contributed by atoms with Crippen molar-refractivity contribution < 1.29 is 4.42 Å². The van der Waals surface area contributed by atoms with Crippen LogP contribution in [0.1, 0.15) is 44.5 Å². The zero-order valence-corrected chi connectivity index (χ0v) is 41.5. The molecule has 0 atom stereocenters. The van der Waals surface area contributed by atoms with E-state index in [2.05, 4.69) is 290 Å². The van der Waals surface area contributed by atoms with E-state index in [1.807, 2.05) is 0 Å². The number of nitrogens with zero attached hydrogens (tertiary/aromatic N) is 1. The summed E-state index contributed by atoms with van der Waals surface area (Å²) in [7, 11) is 0. The van der Waals surface area contributed by atoms with Gasteiger partial charge in [-0.25, -0.2) is 0 Å². The Morgan fingerprint density at radius 2 is 0.671 bits per heavy atom. The third kappa shape index (κ3) is 5.81. The van der Waals surface area contributed by atoms with E-state index in [9.17, 15) is 0 Å². The highest BCUT2D eigenvalue weighted by atomic mass is 16.3.